The van der Waals surface area contributed by atoms with E-state index < -0.39 is 21.4 Å². The summed E-state index contributed by atoms with van der Waals surface area (Å²) < 4.78 is 43.2. The number of piperidine rings is 1. The fourth-order valence-corrected chi connectivity index (χ4v) is 5.69. The maximum absolute atomic E-state index is 14.5. The Morgan fingerprint density at radius 3 is 2.50 bits per heavy atom. The molecule has 11 heteroatoms. The van der Waals surface area contributed by atoms with E-state index in [2.05, 4.69) is 20.3 Å². The van der Waals surface area contributed by atoms with Crippen molar-refractivity contribution in [2.75, 3.05) is 24.2 Å². The number of nitrogens with two attached hydrogens (primary N) is 1. The molecule has 2 aromatic rings. The van der Waals surface area contributed by atoms with Crippen LogP contribution < -0.4 is 11.1 Å². The van der Waals surface area contributed by atoms with E-state index >= 15 is 0 Å². The predicted molar refractivity (Wildman–Crippen MR) is 123 cm³/mol. The van der Waals surface area contributed by atoms with Gasteiger partial charge < -0.3 is 15.6 Å². The summed E-state index contributed by atoms with van der Waals surface area (Å²) in [7, 11) is -3.34. The summed E-state index contributed by atoms with van der Waals surface area (Å²) >= 11 is 0. The Bertz CT molecular complexity index is 1040. The Morgan fingerprint density at radius 2 is 1.91 bits per heavy atom. The monoisotopic (exact) mass is 467 g/mol. The zero-order valence-corrected chi connectivity index (χ0v) is 20.3. The lowest BCUT2D eigenvalue weighted by atomic mass is 10.0. The van der Waals surface area contributed by atoms with Gasteiger partial charge in [0.2, 0.25) is 16.0 Å². The molecule has 32 heavy (non-hydrogen) atoms. The molecule has 178 valence electrons. The maximum Gasteiger partial charge on any atom is 0.223 e. The van der Waals surface area contributed by atoms with Gasteiger partial charge in [-0.1, -0.05) is 0 Å². The van der Waals surface area contributed by atoms with Gasteiger partial charge in [0.1, 0.15) is 11.5 Å². The fourth-order valence-electron chi connectivity index (χ4n) is 3.88. The zero-order chi connectivity index (χ0) is 23.7. The summed E-state index contributed by atoms with van der Waals surface area (Å²) in [5.41, 5.74) is 6.21. The molecule has 9 nitrogen and oxygen atoms in total. The summed E-state index contributed by atoms with van der Waals surface area (Å²) in [5.74, 6) is 0.638. The van der Waals surface area contributed by atoms with Gasteiger partial charge in [-0.2, -0.15) is 0 Å². The zero-order valence-electron chi connectivity index (χ0n) is 19.5. The van der Waals surface area contributed by atoms with Crippen molar-refractivity contribution in [1.82, 2.24) is 23.8 Å². The van der Waals surface area contributed by atoms with Crippen LogP contribution in [0.3, 0.4) is 0 Å². The van der Waals surface area contributed by atoms with Crippen LogP contribution in [0.25, 0.3) is 11.4 Å². The van der Waals surface area contributed by atoms with E-state index in [1.54, 1.807) is 6.20 Å². The predicted octanol–water partition coefficient (Wildman–Crippen LogP) is 2.70. The van der Waals surface area contributed by atoms with Gasteiger partial charge in [-0.25, -0.2) is 32.1 Å². The lowest BCUT2D eigenvalue weighted by Crippen LogP contribution is -2.45. The van der Waals surface area contributed by atoms with Crippen LogP contribution in [-0.4, -0.2) is 62.7 Å². The van der Waals surface area contributed by atoms with Crippen molar-refractivity contribution >= 4 is 16.0 Å². The standard InChI is InChI=1S/C21H34FN7O2S/c1-14(2)29-15(3)24-13-18(29)19-17(22)12-25-20(27-19)26-16-6-9-28(10-7-16)32(30,31)11-8-21(4,5)23/h12-14,16H,6-11,23H2,1-5H3,(H,25,26,27). The molecule has 3 N–H and O–H groups in total. The molecule has 0 aromatic carbocycles. The molecule has 3 rings (SSSR count). The second-order valence-electron chi connectivity index (χ2n) is 9.42. The molecule has 0 bridgehead atoms. The molecule has 0 saturated carbocycles. The van der Waals surface area contributed by atoms with Gasteiger partial charge in [0.05, 0.1) is 23.8 Å². The van der Waals surface area contributed by atoms with Crippen LogP contribution in [0.4, 0.5) is 10.3 Å². The van der Waals surface area contributed by atoms with E-state index in [9.17, 15) is 12.8 Å². The van der Waals surface area contributed by atoms with Gasteiger partial charge in [-0.3, -0.25) is 0 Å². The van der Waals surface area contributed by atoms with E-state index in [1.165, 1.54) is 4.31 Å². The molecule has 0 amide bonds. The van der Waals surface area contributed by atoms with Gasteiger partial charge in [0.25, 0.3) is 0 Å². The number of anilines is 1. The Morgan fingerprint density at radius 1 is 1.25 bits per heavy atom. The first-order valence-electron chi connectivity index (χ1n) is 11.0. The molecular formula is C21H34FN7O2S. The van der Waals surface area contributed by atoms with Gasteiger partial charge in [0, 0.05) is 30.7 Å². The van der Waals surface area contributed by atoms with Crippen molar-refractivity contribution < 1.29 is 12.8 Å². The number of rotatable bonds is 8. The third-order valence-electron chi connectivity index (χ3n) is 5.67. The van der Waals surface area contributed by atoms with E-state index in [4.69, 9.17) is 5.73 Å². The highest BCUT2D eigenvalue weighted by Crippen LogP contribution is 2.26. The molecule has 1 fully saturated rings. The average molecular weight is 468 g/mol. The Labute approximate surface area is 189 Å². The average Bonchev–Trinajstić information content (AvgIpc) is 3.09. The third-order valence-corrected chi connectivity index (χ3v) is 7.54. The van der Waals surface area contributed by atoms with Crippen LogP contribution in [0.1, 0.15) is 58.8 Å². The number of nitrogens with one attached hydrogen (secondary N) is 1. The minimum absolute atomic E-state index is 0.00227. The summed E-state index contributed by atoms with van der Waals surface area (Å²) in [6.07, 6.45) is 4.42. The van der Waals surface area contributed by atoms with Gasteiger partial charge in [-0.15, -0.1) is 0 Å². The second kappa shape index (κ2) is 9.40. The summed E-state index contributed by atoms with van der Waals surface area (Å²) in [5, 5.41) is 3.24. The quantitative estimate of drug-likeness (QED) is 0.612. The summed E-state index contributed by atoms with van der Waals surface area (Å²) in [6.45, 7) is 10.4. The van der Waals surface area contributed by atoms with Crippen LogP contribution in [0.15, 0.2) is 12.4 Å². The van der Waals surface area contributed by atoms with Crippen molar-refractivity contribution in [3.8, 4) is 11.4 Å². The highest BCUT2D eigenvalue weighted by atomic mass is 32.2. The number of hydrogen-bond donors (Lipinski definition) is 2. The summed E-state index contributed by atoms with van der Waals surface area (Å²) in [4.78, 5) is 12.8. The molecular weight excluding hydrogens is 433 g/mol. The minimum atomic E-state index is -3.34. The van der Waals surface area contributed by atoms with Crippen LogP contribution in [0.2, 0.25) is 0 Å². The number of nitrogens with zero attached hydrogens (tertiary/aromatic N) is 5. The van der Waals surface area contributed by atoms with Crippen molar-refractivity contribution in [2.24, 2.45) is 5.73 Å². The lowest BCUT2D eigenvalue weighted by molar-refractivity contribution is 0.327. The molecule has 0 aliphatic carbocycles. The van der Waals surface area contributed by atoms with Crippen molar-refractivity contribution in [2.45, 2.75) is 71.5 Å². The van der Waals surface area contributed by atoms with E-state index in [-0.39, 0.29) is 23.5 Å². The molecule has 0 unspecified atom stereocenters. The molecule has 1 aliphatic heterocycles. The SMILES string of the molecule is Cc1ncc(-c2nc(NC3CCN(S(=O)(=O)CCC(C)(C)N)CC3)ncc2F)n1C(C)C. The summed E-state index contributed by atoms with van der Waals surface area (Å²) in [6, 6.07) is 0.108. The Kier molecular flexibility index (Phi) is 7.21. The number of imidazole rings is 1. The van der Waals surface area contributed by atoms with Crippen LogP contribution >= 0.6 is 0 Å². The highest BCUT2D eigenvalue weighted by Gasteiger charge is 2.29. The van der Waals surface area contributed by atoms with Crippen molar-refractivity contribution in [3.63, 3.8) is 0 Å². The van der Waals surface area contributed by atoms with E-state index in [0.29, 0.717) is 44.0 Å². The first-order chi connectivity index (χ1) is 14.9. The minimum Gasteiger partial charge on any atom is -0.351 e. The Balaban J connectivity index is 1.67. The molecule has 0 radical (unpaired) electrons. The van der Waals surface area contributed by atoms with Crippen molar-refractivity contribution in [1.29, 1.82) is 0 Å². The molecule has 0 atom stereocenters. The Hall–Kier alpha value is -2.11. The molecule has 0 spiro atoms. The van der Waals surface area contributed by atoms with Gasteiger partial charge in [-0.05, 0) is 53.9 Å². The first-order valence-corrected chi connectivity index (χ1v) is 12.6. The first kappa shape index (κ1) is 24.5. The fraction of sp³-hybridized carbons (Fsp3) is 0.667. The van der Waals surface area contributed by atoms with E-state index in [0.717, 1.165) is 12.0 Å². The number of hydrogen-bond acceptors (Lipinski definition) is 7. The second-order valence-corrected chi connectivity index (χ2v) is 11.5. The third kappa shape index (κ3) is 5.81. The smallest absolute Gasteiger partial charge is 0.223 e. The number of halogens is 1. The maximum atomic E-state index is 14.5. The normalized spacial score (nSPS) is 16.6. The molecule has 1 saturated heterocycles. The van der Waals surface area contributed by atoms with E-state index in [1.807, 2.05) is 39.2 Å². The highest BCUT2D eigenvalue weighted by molar-refractivity contribution is 7.89. The van der Waals surface area contributed by atoms with Crippen LogP contribution in [0.5, 0.6) is 0 Å². The number of aryl methyl sites for hydroxylation is 1. The van der Waals surface area contributed by atoms with Crippen LogP contribution in [-0.2, 0) is 10.0 Å². The topological polar surface area (TPSA) is 119 Å². The molecule has 1 aliphatic rings. The lowest BCUT2D eigenvalue weighted by Gasteiger charge is -2.32. The van der Waals surface area contributed by atoms with Crippen molar-refractivity contribution in [3.05, 3.63) is 24.0 Å². The molecule has 2 aromatic heterocycles. The molecule has 3 heterocycles. The largest absolute Gasteiger partial charge is 0.351 e. The number of sulfonamides is 1. The van der Waals surface area contributed by atoms with Gasteiger partial charge >= 0.3 is 0 Å². The van der Waals surface area contributed by atoms with Crippen LogP contribution in [0, 0.1) is 12.7 Å². The van der Waals surface area contributed by atoms with Gasteiger partial charge in [0.15, 0.2) is 5.82 Å². The number of aromatic nitrogens is 4.